The number of phenols is 2. The van der Waals surface area contributed by atoms with Crippen molar-refractivity contribution in [1.29, 1.82) is 0 Å². The summed E-state index contributed by atoms with van der Waals surface area (Å²) < 4.78 is 5.08. The van der Waals surface area contributed by atoms with Crippen LogP contribution in [-0.2, 0) is 37.6 Å². The number of nitrogens with zero attached hydrogens (tertiary/aromatic N) is 1. The second-order valence-corrected chi connectivity index (χ2v) is 10.4. The Morgan fingerprint density at radius 2 is 1.68 bits per heavy atom. The van der Waals surface area contributed by atoms with Crippen molar-refractivity contribution in [3.8, 4) is 17.2 Å². The van der Waals surface area contributed by atoms with Crippen LogP contribution in [0.2, 0.25) is 0 Å². The number of hydrogen-bond donors (Lipinski definition) is 4. The van der Waals surface area contributed by atoms with E-state index in [1.54, 1.807) is 6.07 Å². The van der Waals surface area contributed by atoms with Gasteiger partial charge in [0.15, 0.2) is 11.5 Å². The molecule has 1 spiro atoms. The van der Waals surface area contributed by atoms with Crippen LogP contribution in [0.1, 0.15) is 30.5 Å². The van der Waals surface area contributed by atoms with Crippen LogP contribution < -0.4 is 20.3 Å². The molecular formula is C30H27N3O7. The first-order valence-corrected chi connectivity index (χ1v) is 13.0. The van der Waals surface area contributed by atoms with E-state index in [2.05, 4.69) is 10.6 Å². The molecule has 4 N–H and O–H groups in total. The standard InChI is InChI=1S/C30H27N3O7/c1-3-16-4-10-21-20(12-16)30(29(39)31-21)26-25(22(32-30)13-17-5-11-23(35)24(36)14-17)27(37)33(28(26)38)18-6-8-19(9-7-18)40-15(2)34/h4-12,14,22,25-26,32,35-36H,3,13H2,1-2H3,(H,31,39)/t22-,25-,26+,30-/m1/s1. The lowest BCUT2D eigenvalue weighted by atomic mass is 9.76. The molecule has 3 aromatic rings. The Balaban J connectivity index is 1.45. The average molecular weight is 542 g/mol. The van der Waals surface area contributed by atoms with Crippen LogP contribution in [-0.4, -0.2) is 39.9 Å². The van der Waals surface area contributed by atoms with Gasteiger partial charge >= 0.3 is 5.97 Å². The minimum absolute atomic E-state index is 0.213. The fourth-order valence-corrected chi connectivity index (χ4v) is 6.28. The van der Waals surface area contributed by atoms with Gasteiger partial charge in [0.25, 0.3) is 0 Å². The van der Waals surface area contributed by atoms with Crippen molar-refractivity contribution < 1.29 is 34.1 Å². The van der Waals surface area contributed by atoms with Gasteiger partial charge in [0.1, 0.15) is 11.3 Å². The van der Waals surface area contributed by atoms with E-state index in [1.807, 2.05) is 25.1 Å². The summed E-state index contributed by atoms with van der Waals surface area (Å²) in [5, 5.41) is 26.1. The van der Waals surface area contributed by atoms with E-state index in [0.717, 1.165) is 16.9 Å². The molecule has 2 saturated heterocycles. The molecule has 0 bridgehead atoms. The SMILES string of the molecule is CCc1ccc2c(c1)[C@]1(N[C@H](Cc3ccc(O)c(O)c3)[C@H]3C(=O)N(c4ccc(OC(C)=O)cc4)C(=O)[C@H]31)C(=O)N2. The smallest absolute Gasteiger partial charge is 0.308 e. The van der Waals surface area contributed by atoms with Crippen LogP contribution in [0.3, 0.4) is 0 Å². The van der Waals surface area contributed by atoms with Crippen LogP contribution in [0.4, 0.5) is 11.4 Å². The molecule has 40 heavy (non-hydrogen) atoms. The van der Waals surface area contributed by atoms with Gasteiger partial charge in [0.05, 0.1) is 17.5 Å². The fourth-order valence-electron chi connectivity index (χ4n) is 6.28. The van der Waals surface area contributed by atoms with Crippen LogP contribution >= 0.6 is 0 Å². The van der Waals surface area contributed by atoms with Gasteiger partial charge in [-0.25, -0.2) is 4.90 Å². The van der Waals surface area contributed by atoms with E-state index in [-0.39, 0.29) is 23.7 Å². The highest BCUT2D eigenvalue weighted by Crippen LogP contribution is 2.54. The molecule has 204 valence electrons. The molecule has 0 unspecified atom stereocenters. The maximum Gasteiger partial charge on any atom is 0.308 e. The Labute approximate surface area is 229 Å². The molecule has 6 rings (SSSR count). The van der Waals surface area contributed by atoms with Crippen molar-refractivity contribution >= 4 is 35.1 Å². The van der Waals surface area contributed by atoms with E-state index >= 15 is 0 Å². The number of esters is 1. The number of phenolic OH excluding ortho intramolecular Hbond substituents is 2. The first-order chi connectivity index (χ1) is 19.1. The Hall–Kier alpha value is -4.70. The zero-order valence-electron chi connectivity index (χ0n) is 21.8. The summed E-state index contributed by atoms with van der Waals surface area (Å²) in [5.74, 6) is -4.10. The quantitative estimate of drug-likeness (QED) is 0.167. The number of amides is 3. The summed E-state index contributed by atoms with van der Waals surface area (Å²) in [6.45, 7) is 3.27. The Morgan fingerprint density at radius 1 is 0.950 bits per heavy atom. The molecule has 3 aromatic carbocycles. The van der Waals surface area contributed by atoms with Crippen molar-refractivity contribution in [3.05, 3.63) is 77.4 Å². The maximum atomic E-state index is 14.2. The van der Waals surface area contributed by atoms with Gasteiger partial charge in [-0.2, -0.15) is 0 Å². The lowest BCUT2D eigenvalue weighted by Crippen LogP contribution is -2.53. The molecule has 10 nitrogen and oxygen atoms in total. The molecular weight excluding hydrogens is 514 g/mol. The minimum atomic E-state index is -1.48. The van der Waals surface area contributed by atoms with Gasteiger partial charge in [-0.1, -0.05) is 25.1 Å². The largest absolute Gasteiger partial charge is 0.504 e. The molecule has 3 heterocycles. The number of anilines is 2. The predicted octanol–water partition coefficient (Wildman–Crippen LogP) is 2.75. The highest BCUT2D eigenvalue weighted by atomic mass is 16.5. The van der Waals surface area contributed by atoms with E-state index < -0.39 is 47.1 Å². The Morgan fingerprint density at radius 3 is 2.35 bits per heavy atom. The third kappa shape index (κ3) is 3.75. The third-order valence-electron chi connectivity index (χ3n) is 8.04. The molecule has 10 heteroatoms. The molecule has 3 aliphatic heterocycles. The number of aryl methyl sites for hydroxylation is 1. The van der Waals surface area contributed by atoms with E-state index in [1.165, 1.54) is 43.3 Å². The average Bonchev–Trinajstić information content (AvgIpc) is 3.50. The summed E-state index contributed by atoms with van der Waals surface area (Å²) in [6.07, 6.45) is 0.931. The van der Waals surface area contributed by atoms with E-state index in [9.17, 15) is 29.4 Å². The van der Waals surface area contributed by atoms with Gasteiger partial charge in [-0.3, -0.25) is 24.5 Å². The molecule has 0 radical (unpaired) electrons. The van der Waals surface area contributed by atoms with Gasteiger partial charge < -0.3 is 20.3 Å². The Kier molecular flexibility index (Phi) is 5.88. The number of carbonyl (C=O) groups excluding carboxylic acids is 4. The predicted molar refractivity (Wildman–Crippen MR) is 144 cm³/mol. The first kappa shape index (κ1) is 25.6. The lowest BCUT2D eigenvalue weighted by molar-refractivity contribution is -0.132. The van der Waals surface area contributed by atoms with Crippen LogP contribution in [0, 0.1) is 11.8 Å². The highest BCUT2D eigenvalue weighted by Gasteiger charge is 2.70. The maximum absolute atomic E-state index is 14.2. The molecule has 2 fully saturated rings. The van der Waals surface area contributed by atoms with Crippen LogP contribution in [0.15, 0.2) is 60.7 Å². The number of rotatable bonds is 5. The number of carbonyl (C=O) groups is 4. The number of nitrogens with one attached hydrogen (secondary N) is 2. The lowest BCUT2D eigenvalue weighted by Gasteiger charge is -2.30. The van der Waals surface area contributed by atoms with Crippen molar-refractivity contribution in [2.45, 2.75) is 38.3 Å². The number of imide groups is 1. The van der Waals surface area contributed by atoms with Crippen molar-refractivity contribution in [1.82, 2.24) is 5.32 Å². The summed E-state index contributed by atoms with van der Waals surface area (Å²) >= 11 is 0. The van der Waals surface area contributed by atoms with Gasteiger partial charge in [0, 0.05) is 24.2 Å². The molecule has 3 aliphatic rings. The van der Waals surface area contributed by atoms with Crippen LogP contribution in [0.25, 0.3) is 0 Å². The zero-order chi connectivity index (χ0) is 28.3. The summed E-state index contributed by atoms with van der Waals surface area (Å²) in [5.41, 5.74) is 1.63. The molecule has 4 atom stereocenters. The zero-order valence-corrected chi connectivity index (χ0v) is 21.8. The summed E-state index contributed by atoms with van der Waals surface area (Å²) in [4.78, 5) is 54.4. The number of benzene rings is 3. The van der Waals surface area contributed by atoms with E-state index in [4.69, 9.17) is 4.74 Å². The monoisotopic (exact) mass is 541 g/mol. The molecule has 3 amide bonds. The second kappa shape index (κ2) is 9.20. The number of hydrogen-bond acceptors (Lipinski definition) is 8. The number of fused-ring (bicyclic) bond motifs is 4. The molecule has 0 aliphatic carbocycles. The third-order valence-corrected chi connectivity index (χ3v) is 8.04. The Bertz CT molecular complexity index is 1580. The van der Waals surface area contributed by atoms with Gasteiger partial charge in [0.2, 0.25) is 17.7 Å². The summed E-state index contributed by atoms with van der Waals surface area (Å²) in [6, 6.07) is 15.4. The van der Waals surface area contributed by atoms with Crippen molar-refractivity contribution in [2.24, 2.45) is 11.8 Å². The molecule has 0 aromatic heterocycles. The van der Waals surface area contributed by atoms with E-state index in [0.29, 0.717) is 22.5 Å². The highest BCUT2D eigenvalue weighted by molar-refractivity contribution is 6.25. The topological polar surface area (TPSA) is 145 Å². The van der Waals surface area contributed by atoms with Crippen molar-refractivity contribution in [3.63, 3.8) is 0 Å². The first-order valence-electron chi connectivity index (χ1n) is 13.0. The normalized spacial score (nSPS) is 24.8. The van der Waals surface area contributed by atoms with Crippen LogP contribution in [0.5, 0.6) is 17.2 Å². The second-order valence-electron chi connectivity index (χ2n) is 10.4. The number of aromatic hydroxyl groups is 2. The molecule has 0 saturated carbocycles. The van der Waals surface area contributed by atoms with Gasteiger partial charge in [-0.15, -0.1) is 0 Å². The summed E-state index contributed by atoms with van der Waals surface area (Å²) in [7, 11) is 0. The van der Waals surface area contributed by atoms with Gasteiger partial charge in [-0.05, 0) is 66.4 Å². The fraction of sp³-hybridized carbons (Fsp3) is 0.267. The van der Waals surface area contributed by atoms with Crippen molar-refractivity contribution in [2.75, 3.05) is 10.2 Å². The number of ether oxygens (including phenoxy) is 1. The minimum Gasteiger partial charge on any atom is -0.504 e.